The molecule has 0 aromatic rings. The zero-order valence-electron chi connectivity index (χ0n) is 8.40. The van der Waals surface area contributed by atoms with Crippen molar-refractivity contribution in [2.24, 2.45) is 0 Å². The lowest BCUT2D eigenvalue weighted by atomic mass is 9.59. The average Bonchev–Trinajstić information content (AvgIpc) is 2.08. The van der Waals surface area contributed by atoms with Crippen molar-refractivity contribution in [3.05, 3.63) is 0 Å². The van der Waals surface area contributed by atoms with E-state index in [0.717, 1.165) is 0 Å². The zero-order valence-corrected chi connectivity index (χ0v) is 8.40. The van der Waals surface area contributed by atoms with E-state index in [1.165, 1.54) is 0 Å². The molecule has 0 unspecified atom stereocenters. The van der Waals surface area contributed by atoms with E-state index in [1.54, 1.807) is 9.62 Å². The molecule has 1 saturated heterocycles. The lowest BCUT2D eigenvalue weighted by Crippen LogP contribution is -2.68. The highest BCUT2D eigenvalue weighted by molar-refractivity contribution is 6.73. The van der Waals surface area contributed by atoms with Crippen molar-refractivity contribution < 1.29 is 4.79 Å². The van der Waals surface area contributed by atoms with Crippen LogP contribution in [0.15, 0.2) is 0 Å². The topological polar surface area (TPSA) is 26.8 Å². The van der Waals surface area contributed by atoms with E-state index in [9.17, 15) is 4.79 Å². The van der Waals surface area contributed by atoms with E-state index in [4.69, 9.17) is 0 Å². The third-order valence-electron chi connectivity index (χ3n) is 2.90. The molecular weight excluding hydrogens is 152 g/mol. The van der Waals surface area contributed by atoms with E-state index < -0.39 is 0 Å². The van der Waals surface area contributed by atoms with Gasteiger partial charge >= 0.3 is 14.0 Å². The van der Waals surface area contributed by atoms with Gasteiger partial charge in [-0.25, -0.2) is 0 Å². The summed E-state index contributed by atoms with van der Waals surface area (Å²) in [4.78, 5) is 15.0. The fourth-order valence-corrected chi connectivity index (χ4v) is 1.43. The predicted molar refractivity (Wildman–Crippen MR) is 51.9 cm³/mol. The highest BCUT2D eigenvalue weighted by Crippen LogP contribution is 2.12. The molecule has 0 spiro atoms. The van der Waals surface area contributed by atoms with Gasteiger partial charge in [0, 0.05) is 0 Å². The maximum Gasteiger partial charge on any atom is 0.333 e. The molecule has 0 N–H and O–H groups in total. The molecule has 0 aromatic heterocycles. The Kier molecular flexibility index (Phi) is 2.37. The van der Waals surface area contributed by atoms with Crippen LogP contribution >= 0.6 is 0 Å². The van der Waals surface area contributed by atoms with Crippen LogP contribution in [0.1, 0.15) is 0 Å². The number of nitrogens with zero attached hydrogens (tertiary/aromatic N) is 3. The highest BCUT2D eigenvalue weighted by Gasteiger charge is 2.39. The third-order valence-corrected chi connectivity index (χ3v) is 2.90. The summed E-state index contributed by atoms with van der Waals surface area (Å²) in [6, 6.07) is 0.0908. The Morgan fingerprint density at radius 2 is 1.33 bits per heavy atom. The molecule has 0 radical (unpaired) electrons. The van der Waals surface area contributed by atoms with Crippen molar-refractivity contribution >= 4 is 20.0 Å². The monoisotopic (exact) mass is 167 g/mol. The number of carbonyl (C=O) groups is 1. The van der Waals surface area contributed by atoms with Crippen LogP contribution in [-0.2, 0) is 0 Å². The van der Waals surface area contributed by atoms with Crippen LogP contribution in [0.5, 0.6) is 0 Å². The Morgan fingerprint density at radius 3 is 1.67 bits per heavy atom. The minimum absolute atomic E-state index is 0.0908. The molecule has 1 aliphatic rings. The van der Waals surface area contributed by atoms with Gasteiger partial charge in [0.05, 0.1) is 0 Å². The Bertz CT molecular complexity index is 183. The van der Waals surface area contributed by atoms with Crippen LogP contribution in [0.25, 0.3) is 0 Å². The first-order valence-corrected chi connectivity index (χ1v) is 4.18. The molecule has 0 bridgehead atoms. The number of hydrogen-bond acceptors (Lipinski definition) is 2. The summed E-state index contributed by atoms with van der Waals surface area (Å²) in [5.41, 5.74) is 0. The molecule has 1 rings (SSSR count). The second-order valence-corrected chi connectivity index (χ2v) is 3.43. The summed E-state index contributed by atoms with van der Waals surface area (Å²) in [5, 5.41) is 0. The van der Waals surface area contributed by atoms with Crippen LogP contribution in [0.2, 0.25) is 13.6 Å². The van der Waals surface area contributed by atoms with Crippen LogP contribution in [-0.4, -0.2) is 55.5 Å². The summed E-state index contributed by atoms with van der Waals surface area (Å²) >= 11 is 0. The largest absolute Gasteiger partial charge is 0.358 e. The molecule has 1 aliphatic heterocycles. The van der Waals surface area contributed by atoms with Gasteiger partial charge in [-0.2, -0.15) is 0 Å². The van der Waals surface area contributed by atoms with Crippen LogP contribution < -0.4 is 0 Å². The van der Waals surface area contributed by atoms with Crippen molar-refractivity contribution in [1.29, 1.82) is 0 Å². The van der Waals surface area contributed by atoms with Gasteiger partial charge in [-0.1, -0.05) is 13.6 Å². The predicted octanol–water partition coefficient (Wildman–Crippen LogP) is 0.151. The minimum Gasteiger partial charge on any atom is -0.358 e. The van der Waals surface area contributed by atoms with Gasteiger partial charge in [0.2, 0.25) is 0 Å². The molecule has 0 aliphatic carbocycles. The maximum atomic E-state index is 11.5. The molecule has 0 atom stereocenters. The lowest BCUT2D eigenvalue weighted by Gasteiger charge is -2.43. The summed E-state index contributed by atoms with van der Waals surface area (Å²) in [7, 11) is 5.67. The Hall–Kier alpha value is -0.640. The Morgan fingerprint density at radius 1 is 1.00 bits per heavy atom. The average molecular weight is 167 g/mol. The summed E-state index contributed by atoms with van der Waals surface area (Å²) in [6.45, 7) is 4.43. The van der Waals surface area contributed by atoms with Gasteiger partial charge in [0.1, 0.15) is 0 Å². The number of amides is 2. The summed E-state index contributed by atoms with van der Waals surface area (Å²) < 4.78 is 2.15. The smallest absolute Gasteiger partial charge is 0.333 e. The first-order valence-electron chi connectivity index (χ1n) is 4.18. The zero-order chi connectivity index (χ0) is 9.46. The Labute approximate surface area is 74.7 Å². The molecule has 66 valence electrons. The second kappa shape index (κ2) is 3.01. The van der Waals surface area contributed by atoms with Gasteiger partial charge in [-0.15, -0.1) is 0 Å². The molecule has 4 nitrogen and oxygen atoms in total. The van der Waals surface area contributed by atoms with E-state index >= 15 is 0 Å². The Balaban J connectivity index is 2.83. The number of carbonyl (C=O) groups excluding carboxylic acids is 1. The van der Waals surface area contributed by atoms with Crippen molar-refractivity contribution in [1.82, 2.24) is 14.3 Å². The van der Waals surface area contributed by atoms with E-state index in [2.05, 4.69) is 4.72 Å². The van der Waals surface area contributed by atoms with Crippen molar-refractivity contribution in [2.45, 2.75) is 13.6 Å². The van der Waals surface area contributed by atoms with Crippen LogP contribution in [0.4, 0.5) is 4.79 Å². The van der Waals surface area contributed by atoms with Crippen molar-refractivity contribution in [3.63, 3.8) is 0 Å². The first kappa shape index (κ1) is 9.45. The third kappa shape index (κ3) is 1.20. The van der Waals surface area contributed by atoms with Gasteiger partial charge in [0.25, 0.3) is 6.03 Å². The summed E-state index contributed by atoms with van der Waals surface area (Å²) in [5.74, 6) is 0. The summed E-state index contributed by atoms with van der Waals surface area (Å²) in [6.07, 6.45) is 0. The van der Waals surface area contributed by atoms with Gasteiger partial charge in [0.15, 0.2) is 0 Å². The van der Waals surface area contributed by atoms with Crippen LogP contribution in [0.3, 0.4) is 0 Å². The molecule has 1 fully saturated rings. The molecule has 12 heavy (non-hydrogen) atoms. The van der Waals surface area contributed by atoms with E-state index in [-0.39, 0.29) is 20.0 Å². The quantitative estimate of drug-likeness (QED) is 0.480. The van der Waals surface area contributed by atoms with Crippen molar-refractivity contribution in [2.75, 3.05) is 21.1 Å². The standard InChI is InChI=1S/C6H15B2N3O/c1-7-9(3)6(12)10(4)8(2)11(7)5/h1-5H3. The van der Waals surface area contributed by atoms with Crippen molar-refractivity contribution in [3.8, 4) is 0 Å². The normalized spacial score (nSPS) is 20.9. The fraction of sp³-hybridized carbons (Fsp3) is 0.833. The lowest BCUT2D eigenvalue weighted by molar-refractivity contribution is 0.206. The molecular formula is C6H15B2N3O. The molecule has 1 heterocycles. The number of rotatable bonds is 0. The molecule has 2 amide bonds. The van der Waals surface area contributed by atoms with E-state index in [0.29, 0.717) is 0 Å². The van der Waals surface area contributed by atoms with Gasteiger partial charge < -0.3 is 14.3 Å². The van der Waals surface area contributed by atoms with E-state index in [1.807, 2.05) is 34.8 Å². The van der Waals surface area contributed by atoms with Gasteiger partial charge in [-0.3, -0.25) is 4.79 Å². The second-order valence-electron chi connectivity index (χ2n) is 3.43. The number of urea groups is 1. The van der Waals surface area contributed by atoms with Gasteiger partial charge in [-0.05, 0) is 21.1 Å². The van der Waals surface area contributed by atoms with Crippen LogP contribution in [0, 0.1) is 0 Å². The molecule has 0 saturated carbocycles. The fourth-order valence-electron chi connectivity index (χ4n) is 1.43. The number of hydrogen-bond donors (Lipinski definition) is 0. The highest BCUT2D eigenvalue weighted by atomic mass is 16.2. The maximum absolute atomic E-state index is 11.5. The molecule has 0 aromatic carbocycles. The minimum atomic E-state index is 0.0908. The molecule has 6 heteroatoms. The SMILES string of the molecule is CB1N(C)B(C)N(C)C(=O)N1C. The first-order chi connectivity index (χ1) is 5.46.